The lowest BCUT2D eigenvalue weighted by Crippen LogP contribution is -2.31. The van der Waals surface area contributed by atoms with E-state index in [0.29, 0.717) is 10.6 Å². The lowest BCUT2D eigenvalue weighted by atomic mass is 9.87. The molecular formula is C22H21N3O2S. The molecule has 2 aromatic carbocycles. The Morgan fingerprint density at radius 1 is 1.25 bits per heavy atom. The van der Waals surface area contributed by atoms with Crippen LogP contribution in [0.2, 0.25) is 0 Å². The molecule has 142 valence electrons. The summed E-state index contributed by atoms with van der Waals surface area (Å²) in [7, 11) is 0. The fourth-order valence-corrected chi connectivity index (χ4v) is 4.06. The van der Waals surface area contributed by atoms with Crippen LogP contribution < -0.4 is 10.6 Å². The van der Waals surface area contributed by atoms with Gasteiger partial charge in [0.25, 0.3) is 0 Å². The second kappa shape index (κ2) is 8.77. The van der Waals surface area contributed by atoms with Gasteiger partial charge in [0, 0.05) is 18.0 Å². The van der Waals surface area contributed by atoms with Crippen LogP contribution in [0.25, 0.3) is 0 Å². The zero-order valence-corrected chi connectivity index (χ0v) is 16.6. The van der Waals surface area contributed by atoms with Crippen LogP contribution in [0.1, 0.15) is 29.0 Å². The Bertz CT molecular complexity index is 977. The van der Waals surface area contributed by atoms with E-state index in [-0.39, 0.29) is 29.9 Å². The number of thioether (sulfide) groups is 1. The Morgan fingerprint density at radius 3 is 2.68 bits per heavy atom. The van der Waals surface area contributed by atoms with Crippen molar-refractivity contribution >= 4 is 29.3 Å². The van der Waals surface area contributed by atoms with Crippen molar-refractivity contribution in [1.29, 1.82) is 5.26 Å². The van der Waals surface area contributed by atoms with Crippen molar-refractivity contribution in [3.8, 4) is 6.07 Å². The van der Waals surface area contributed by atoms with Gasteiger partial charge < -0.3 is 10.6 Å². The summed E-state index contributed by atoms with van der Waals surface area (Å²) in [6, 6.07) is 17.6. The number of nitrogens with zero attached hydrogens (tertiary/aromatic N) is 1. The predicted molar refractivity (Wildman–Crippen MR) is 112 cm³/mol. The van der Waals surface area contributed by atoms with E-state index in [1.807, 2.05) is 62.4 Å². The third-order valence-electron chi connectivity index (χ3n) is 4.56. The fourth-order valence-electron chi connectivity index (χ4n) is 3.18. The monoisotopic (exact) mass is 391 g/mol. The van der Waals surface area contributed by atoms with Crippen molar-refractivity contribution in [2.45, 2.75) is 26.2 Å². The first kappa shape index (κ1) is 19.7. The molecule has 2 N–H and O–H groups in total. The van der Waals surface area contributed by atoms with Gasteiger partial charge in [-0.2, -0.15) is 5.26 Å². The highest BCUT2D eigenvalue weighted by Gasteiger charge is 2.29. The number of nitriles is 1. The highest BCUT2D eigenvalue weighted by Crippen LogP contribution is 2.35. The van der Waals surface area contributed by atoms with Gasteiger partial charge in [-0.15, -0.1) is 0 Å². The van der Waals surface area contributed by atoms with Crippen LogP contribution in [0.3, 0.4) is 0 Å². The van der Waals surface area contributed by atoms with Crippen LogP contribution in [0, 0.1) is 25.2 Å². The molecule has 1 aliphatic heterocycles. The molecule has 1 atom stereocenters. The molecule has 5 nitrogen and oxygen atoms in total. The van der Waals surface area contributed by atoms with Crippen LogP contribution >= 0.6 is 11.8 Å². The highest BCUT2D eigenvalue weighted by atomic mass is 32.2. The lowest BCUT2D eigenvalue weighted by molar-refractivity contribution is -0.121. The summed E-state index contributed by atoms with van der Waals surface area (Å²) >= 11 is 1.18. The largest absolute Gasteiger partial charge is 0.325 e. The van der Waals surface area contributed by atoms with Gasteiger partial charge in [-0.25, -0.2) is 0 Å². The molecule has 2 amide bonds. The predicted octanol–water partition coefficient (Wildman–Crippen LogP) is 4.01. The Kier molecular flexibility index (Phi) is 6.17. The van der Waals surface area contributed by atoms with Gasteiger partial charge in [-0.3, -0.25) is 9.59 Å². The molecule has 28 heavy (non-hydrogen) atoms. The summed E-state index contributed by atoms with van der Waals surface area (Å²) in [6.45, 7) is 3.94. The molecular weight excluding hydrogens is 370 g/mol. The second-order valence-electron chi connectivity index (χ2n) is 6.73. The SMILES string of the molecule is Cc1ccc(NC(=O)CSC2=C(C#N)[C@H](c3ccccc3)CC(=O)N2)c(C)c1. The van der Waals surface area contributed by atoms with Crippen molar-refractivity contribution in [3.63, 3.8) is 0 Å². The molecule has 6 heteroatoms. The topological polar surface area (TPSA) is 82.0 Å². The molecule has 2 aromatic rings. The van der Waals surface area contributed by atoms with Crippen molar-refractivity contribution in [2.75, 3.05) is 11.1 Å². The number of hydrogen-bond donors (Lipinski definition) is 2. The molecule has 0 saturated carbocycles. The minimum absolute atomic E-state index is 0.107. The van der Waals surface area contributed by atoms with E-state index in [2.05, 4.69) is 16.7 Å². The molecule has 0 spiro atoms. The van der Waals surface area contributed by atoms with E-state index in [1.165, 1.54) is 11.8 Å². The van der Waals surface area contributed by atoms with Crippen LogP contribution in [-0.2, 0) is 9.59 Å². The first-order valence-corrected chi connectivity index (χ1v) is 9.95. The molecule has 3 rings (SSSR count). The summed E-state index contributed by atoms with van der Waals surface area (Å²) in [4.78, 5) is 24.5. The van der Waals surface area contributed by atoms with Crippen molar-refractivity contribution < 1.29 is 9.59 Å². The van der Waals surface area contributed by atoms with E-state index in [9.17, 15) is 14.9 Å². The number of amides is 2. The quantitative estimate of drug-likeness (QED) is 0.807. The molecule has 0 fully saturated rings. The zero-order valence-electron chi connectivity index (χ0n) is 15.8. The third kappa shape index (κ3) is 4.62. The van der Waals surface area contributed by atoms with Crippen LogP contribution in [0.5, 0.6) is 0 Å². The molecule has 0 bridgehead atoms. The summed E-state index contributed by atoms with van der Waals surface area (Å²) in [6.07, 6.45) is 0.228. The minimum atomic E-state index is -0.287. The summed E-state index contributed by atoms with van der Waals surface area (Å²) in [5.41, 5.74) is 4.30. The van der Waals surface area contributed by atoms with E-state index in [4.69, 9.17) is 0 Å². The smallest absolute Gasteiger partial charge is 0.234 e. The number of hydrogen-bond acceptors (Lipinski definition) is 4. The maximum absolute atomic E-state index is 12.4. The molecule has 0 aliphatic carbocycles. The van der Waals surface area contributed by atoms with Crippen LogP contribution in [0.4, 0.5) is 5.69 Å². The summed E-state index contributed by atoms with van der Waals surface area (Å²) in [5, 5.41) is 15.8. The number of carbonyl (C=O) groups is 2. The summed E-state index contributed by atoms with van der Waals surface area (Å²) in [5.74, 6) is -0.511. The molecule has 0 aromatic heterocycles. The Balaban J connectivity index is 1.74. The van der Waals surface area contributed by atoms with E-state index in [0.717, 1.165) is 22.4 Å². The standard InChI is InChI=1S/C22H21N3O2S/c1-14-8-9-19(15(2)10-14)24-21(27)13-28-22-18(12-23)17(11-20(26)25-22)16-6-4-3-5-7-16/h3-10,17H,11,13H2,1-2H3,(H,24,27)(H,25,26)/t17-/m0/s1. The second-order valence-corrected chi connectivity index (χ2v) is 7.71. The maximum Gasteiger partial charge on any atom is 0.234 e. The van der Waals surface area contributed by atoms with Gasteiger partial charge >= 0.3 is 0 Å². The first-order valence-electron chi connectivity index (χ1n) is 8.97. The number of anilines is 1. The van der Waals surface area contributed by atoms with Crippen molar-refractivity contribution in [2.24, 2.45) is 0 Å². The first-order chi connectivity index (χ1) is 13.5. The van der Waals surface area contributed by atoms with Gasteiger partial charge in [-0.1, -0.05) is 59.8 Å². The normalized spacial score (nSPS) is 16.3. The number of benzene rings is 2. The van der Waals surface area contributed by atoms with Gasteiger partial charge in [0.05, 0.1) is 22.4 Å². The molecule has 1 aliphatic rings. The minimum Gasteiger partial charge on any atom is -0.325 e. The van der Waals surface area contributed by atoms with Gasteiger partial charge in [0.1, 0.15) is 0 Å². The molecule has 0 saturated heterocycles. The van der Waals surface area contributed by atoms with Crippen LogP contribution in [0.15, 0.2) is 59.1 Å². The number of aryl methyl sites for hydroxylation is 2. The van der Waals surface area contributed by atoms with Gasteiger partial charge in [0.2, 0.25) is 11.8 Å². The number of allylic oxidation sites excluding steroid dienone is 1. The Hall–Kier alpha value is -3.04. The Morgan fingerprint density at radius 2 is 2.00 bits per heavy atom. The summed E-state index contributed by atoms with van der Waals surface area (Å²) < 4.78 is 0. The average molecular weight is 391 g/mol. The number of carbonyl (C=O) groups excluding carboxylic acids is 2. The van der Waals surface area contributed by atoms with E-state index in [1.54, 1.807) is 0 Å². The average Bonchev–Trinajstić information content (AvgIpc) is 2.68. The van der Waals surface area contributed by atoms with E-state index >= 15 is 0 Å². The fraction of sp³-hybridized carbons (Fsp3) is 0.227. The van der Waals surface area contributed by atoms with Crippen molar-refractivity contribution in [1.82, 2.24) is 5.32 Å². The maximum atomic E-state index is 12.4. The number of nitrogens with one attached hydrogen (secondary N) is 2. The van der Waals surface area contributed by atoms with Gasteiger partial charge in [-0.05, 0) is 31.0 Å². The number of rotatable bonds is 5. The zero-order chi connectivity index (χ0) is 20.1. The lowest BCUT2D eigenvalue weighted by Gasteiger charge is -2.25. The van der Waals surface area contributed by atoms with E-state index < -0.39 is 0 Å². The van der Waals surface area contributed by atoms with Crippen molar-refractivity contribution in [3.05, 3.63) is 75.8 Å². The molecule has 1 heterocycles. The molecule has 0 radical (unpaired) electrons. The Labute approximate surface area is 168 Å². The van der Waals surface area contributed by atoms with Crippen LogP contribution in [-0.4, -0.2) is 17.6 Å². The third-order valence-corrected chi connectivity index (χ3v) is 5.58. The van der Waals surface area contributed by atoms with Gasteiger partial charge in [0.15, 0.2) is 0 Å². The highest BCUT2D eigenvalue weighted by molar-refractivity contribution is 8.03. The molecule has 0 unspecified atom stereocenters.